The van der Waals surface area contributed by atoms with Gasteiger partial charge in [-0.2, -0.15) is 0 Å². The largest absolute Gasteiger partial charge is 0.504 e. The molecule has 0 aliphatic heterocycles. The maximum Gasteiger partial charge on any atom is 0.162 e. The van der Waals surface area contributed by atoms with Gasteiger partial charge >= 0.3 is 0 Å². The summed E-state index contributed by atoms with van der Waals surface area (Å²) in [6.45, 7) is 2.11. The summed E-state index contributed by atoms with van der Waals surface area (Å²) in [4.78, 5) is 0. The second kappa shape index (κ2) is 5.21. The van der Waals surface area contributed by atoms with Gasteiger partial charge in [0.2, 0.25) is 0 Å². The Morgan fingerprint density at radius 1 is 1.27 bits per heavy atom. The standard InChI is InChI=1S/C11H14Br2O2/c1-2-3-7-11(12,13)8-5-4-6-9(14)10(8)15/h4-6,14-15H,2-3,7H2,1H3. The highest BCUT2D eigenvalue weighted by molar-refractivity contribution is 9.24. The van der Waals surface area contributed by atoms with Crippen LogP contribution in [0.3, 0.4) is 0 Å². The molecule has 0 atom stereocenters. The average Bonchev–Trinajstić information content (AvgIpc) is 2.19. The number of rotatable bonds is 4. The number of alkyl halides is 2. The smallest absolute Gasteiger partial charge is 0.162 e. The summed E-state index contributed by atoms with van der Waals surface area (Å²) in [7, 11) is 0. The first-order valence-electron chi connectivity index (χ1n) is 4.88. The quantitative estimate of drug-likeness (QED) is 0.637. The zero-order valence-corrected chi connectivity index (χ0v) is 11.7. The first-order chi connectivity index (χ1) is 6.99. The van der Waals surface area contributed by atoms with Crippen molar-refractivity contribution in [1.82, 2.24) is 0 Å². The van der Waals surface area contributed by atoms with Gasteiger partial charge in [-0.1, -0.05) is 63.8 Å². The molecule has 0 spiro atoms. The Kier molecular flexibility index (Phi) is 4.46. The highest BCUT2D eigenvalue weighted by Crippen LogP contribution is 2.48. The Bertz CT molecular complexity index is 337. The molecular weight excluding hydrogens is 324 g/mol. The monoisotopic (exact) mass is 336 g/mol. The van der Waals surface area contributed by atoms with Gasteiger partial charge in [0.05, 0.1) is 0 Å². The van der Waals surface area contributed by atoms with E-state index in [9.17, 15) is 10.2 Å². The van der Waals surface area contributed by atoms with Crippen molar-refractivity contribution in [1.29, 1.82) is 0 Å². The topological polar surface area (TPSA) is 40.5 Å². The van der Waals surface area contributed by atoms with Gasteiger partial charge < -0.3 is 10.2 Å². The third-order valence-corrected chi connectivity index (χ3v) is 3.90. The van der Waals surface area contributed by atoms with Crippen LogP contribution in [-0.2, 0) is 3.23 Å². The minimum absolute atomic E-state index is 0.0673. The highest BCUT2D eigenvalue weighted by atomic mass is 79.9. The molecule has 1 aromatic rings. The summed E-state index contributed by atoms with van der Waals surface area (Å²) in [6.07, 6.45) is 2.96. The van der Waals surface area contributed by atoms with Crippen LogP contribution in [0.15, 0.2) is 18.2 Å². The number of hydrogen-bond acceptors (Lipinski definition) is 2. The number of para-hydroxylation sites is 1. The van der Waals surface area contributed by atoms with E-state index in [4.69, 9.17) is 0 Å². The van der Waals surface area contributed by atoms with Crippen LogP contribution < -0.4 is 0 Å². The number of phenolic OH excluding ortho intramolecular Hbond substituents is 2. The number of halogens is 2. The van der Waals surface area contributed by atoms with E-state index in [-0.39, 0.29) is 11.5 Å². The van der Waals surface area contributed by atoms with Crippen molar-refractivity contribution in [3.05, 3.63) is 23.8 Å². The van der Waals surface area contributed by atoms with Crippen molar-refractivity contribution < 1.29 is 10.2 Å². The fraction of sp³-hybridized carbons (Fsp3) is 0.455. The van der Waals surface area contributed by atoms with E-state index in [2.05, 4.69) is 38.8 Å². The van der Waals surface area contributed by atoms with E-state index >= 15 is 0 Å². The van der Waals surface area contributed by atoms with Gasteiger partial charge in [0.15, 0.2) is 11.5 Å². The van der Waals surface area contributed by atoms with Crippen LogP contribution in [0.2, 0.25) is 0 Å². The Balaban J connectivity index is 2.98. The number of hydrogen-bond donors (Lipinski definition) is 2. The predicted molar refractivity (Wildman–Crippen MR) is 68.8 cm³/mol. The van der Waals surface area contributed by atoms with Crippen molar-refractivity contribution in [2.75, 3.05) is 0 Å². The van der Waals surface area contributed by atoms with Crippen LogP contribution in [0.5, 0.6) is 11.5 Å². The maximum atomic E-state index is 9.72. The van der Waals surface area contributed by atoms with Gasteiger partial charge in [-0.25, -0.2) is 0 Å². The zero-order valence-electron chi connectivity index (χ0n) is 8.50. The number of phenols is 2. The van der Waals surface area contributed by atoms with Crippen molar-refractivity contribution in [2.24, 2.45) is 0 Å². The molecule has 0 saturated carbocycles. The summed E-state index contributed by atoms with van der Waals surface area (Å²) in [6, 6.07) is 4.97. The minimum atomic E-state index is -0.459. The molecule has 0 bridgehead atoms. The van der Waals surface area contributed by atoms with Crippen LogP contribution in [0, 0.1) is 0 Å². The molecule has 0 saturated heterocycles. The molecule has 0 radical (unpaired) electrons. The SMILES string of the molecule is CCCCC(Br)(Br)c1cccc(O)c1O. The zero-order chi connectivity index (χ0) is 11.5. The van der Waals surface area contributed by atoms with Crippen LogP contribution in [0.4, 0.5) is 0 Å². The second-order valence-electron chi connectivity index (χ2n) is 3.48. The lowest BCUT2D eigenvalue weighted by Crippen LogP contribution is -2.08. The molecule has 0 aliphatic rings. The number of aromatic hydroxyl groups is 2. The van der Waals surface area contributed by atoms with E-state index in [0.717, 1.165) is 19.3 Å². The van der Waals surface area contributed by atoms with Crippen molar-refractivity contribution in [2.45, 2.75) is 29.4 Å². The van der Waals surface area contributed by atoms with Gasteiger partial charge in [-0.15, -0.1) is 0 Å². The fourth-order valence-electron chi connectivity index (χ4n) is 1.36. The first kappa shape index (κ1) is 12.8. The Hall–Kier alpha value is -0.220. The summed E-state index contributed by atoms with van der Waals surface area (Å²) in [5.41, 5.74) is 0.663. The number of unbranched alkanes of at least 4 members (excludes halogenated alkanes) is 1. The molecule has 0 heterocycles. The van der Waals surface area contributed by atoms with E-state index in [1.54, 1.807) is 12.1 Å². The second-order valence-corrected chi connectivity index (χ2v) is 7.25. The molecule has 4 heteroatoms. The summed E-state index contributed by atoms with van der Waals surface area (Å²) in [5.74, 6) is -0.158. The van der Waals surface area contributed by atoms with Gasteiger partial charge in [-0.05, 0) is 12.5 Å². The van der Waals surface area contributed by atoms with Crippen LogP contribution in [-0.4, -0.2) is 10.2 Å². The molecule has 15 heavy (non-hydrogen) atoms. The van der Waals surface area contributed by atoms with E-state index in [1.165, 1.54) is 6.07 Å². The third-order valence-electron chi connectivity index (χ3n) is 2.25. The molecule has 0 aromatic heterocycles. The first-order valence-corrected chi connectivity index (χ1v) is 6.47. The van der Waals surface area contributed by atoms with Crippen molar-refractivity contribution in [3.8, 4) is 11.5 Å². The van der Waals surface area contributed by atoms with E-state index < -0.39 is 3.23 Å². The van der Waals surface area contributed by atoms with E-state index in [0.29, 0.717) is 5.56 Å². The van der Waals surface area contributed by atoms with Gasteiger partial charge in [0.1, 0.15) is 3.23 Å². The predicted octanol–water partition coefficient (Wildman–Crippen LogP) is 4.23. The summed E-state index contributed by atoms with van der Waals surface area (Å²) in [5, 5.41) is 19.1. The van der Waals surface area contributed by atoms with Crippen LogP contribution in [0.25, 0.3) is 0 Å². The molecule has 0 aliphatic carbocycles. The Morgan fingerprint density at radius 3 is 2.53 bits per heavy atom. The van der Waals surface area contributed by atoms with Crippen molar-refractivity contribution >= 4 is 31.9 Å². The molecule has 0 unspecified atom stereocenters. The molecule has 2 N–H and O–H groups in total. The third kappa shape index (κ3) is 3.11. The lowest BCUT2D eigenvalue weighted by molar-refractivity contribution is 0.397. The summed E-state index contributed by atoms with van der Waals surface area (Å²) >= 11 is 7.04. The molecule has 2 nitrogen and oxygen atoms in total. The van der Waals surface area contributed by atoms with Gasteiger partial charge in [0, 0.05) is 5.56 Å². The molecule has 84 valence electrons. The molecule has 0 amide bonds. The summed E-state index contributed by atoms with van der Waals surface area (Å²) < 4.78 is -0.459. The van der Waals surface area contributed by atoms with E-state index in [1.807, 2.05) is 0 Å². The Labute approximate surface area is 107 Å². The maximum absolute atomic E-state index is 9.72. The number of benzene rings is 1. The average molecular weight is 338 g/mol. The van der Waals surface area contributed by atoms with Crippen LogP contribution in [0.1, 0.15) is 31.7 Å². The Morgan fingerprint density at radius 2 is 1.93 bits per heavy atom. The molecule has 1 aromatic carbocycles. The lowest BCUT2D eigenvalue weighted by Gasteiger charge is -2.22. The van der Waals surface area contributed by atoms with Crippen LogP contribution >= 0.6 is 31.9 Å². The fourth-order valence-corrected chi connectivity index (χ4v) is 2.56. The van der Waals surface area contributed by atoms with Crippen molar-refractivity contribution in [3.63, 3.8) is 0 Å². The normalized spacial score (nSPS) is 11.7. The molecule has 1 rings (SSSR count). The lowest BCUT2D eigenvalue weighted by atomic mass is 10.1. The minimum Gasteiger partial charge on any atom is -0.504 e. The highest BCUT2D eigenvalue weighted by Gasteiger charge is 2.28. The molecular formula is C11H14Br2O2. The molecule has 0 fully saturated rings. The van der Waals surface area contributed by atoms with Gasteiger partial charge in [-0.3, -0.25) is 0 Å². The van der Waals surface area contributed by atoms with Gasteiger partial charge in [0.25, 0.3) is 0 Å².